The lowest BCUT2D eigenvalue weighted by atomic mass is 10.0. The number of hydrogen-bond acceptors (Lipinski definition) is 3. The standard InChI is InChI=1S/C18H18ClN3/c19-17-6-5-15-7-9-21-10-8-16(15)18(17)22-12-14-3-1-13(11-20)2-4-14/h1-6,21-22H,7-10,12H2. The summed E-state index contributed by atoms with van der Waals surface area (Å²) in [6.07, 6.45) is 2.03. The summed E-state index contributed by atoms with van der Waals surface area (Å²) >= 11 is 6.40. The maximum Gasteiger partial charge on any atom is 0.0991 e. The molecule has 0 saturated heterocycles. The van der Waals surface area contributed by atoms with Gasteiger partial charge in [0.15, 0.2) is 0 Å². The molecule has 0 bridgehead atoms. The van der Waals surface area contributed by atoms with Crippen LogP contribution in [0.15, 0.2) is 36.4 Å². The monoisotopic (exact) mass is 311 g/mol. The average Bonchev–Trinajstić information content (AvgIpc) is 2.80. The van der Waals surface area contributed by atoms with Crippen molar-refractivity contribution in [1.29, 1.82) is 5.26 Å². The van der Waals surface area contributed by atoms with Crippen LogP contribution in [0.5, 0.6) is 0 Å². The third-order valence-corrected chi connectivity index (χ3v) is 4.35. The van der Waals surface area contributed by atoms with E-state index in [9.17, 15) is 0 Å². The van der Waals surface area contributed by atoms with Crippen LogP contribution in [-0.4, -0.2) is 13.1 Å². The number of nitrogens with one attached hydrogen (secondary N) is 2. The maximum absolute atomic E-state index is 8.84. The van der Waals surface area contributed by atoms with Crippen LogP contribution in [0.3, 0.4) is 0 Å². The van der Waals surface area contributed by atoms with E-state index >= 15 is 0 Å². The van der Waals surface area contributed by atoms with E-state index in [0.29, 0.717) is 12.1 Å². The lowest BCUT2D eigenvalue weighted by Crippen LogP contribution is -2.16. The van der Waals surface area contributed by atoms with Gasteiger partial charge in [-0.2, -0.15) is 5.26 Å². The van der Waals surface area contributed by atoms with Crippen molar-refractivity contribution in [2.75, 3.05) is 18.4 Å². The molecule has 0 radical (unpaired) electrons. The van der Waals surface area contributed by atoms with Crippen molar-refractivity contribution in [3.63, 3.8) is 0 Å². The van der Waals surface area contributed by atoms with Crippen LogP contribution in [0.25, 0.3) is 0 Å². The second kappa shape index (κ2) is 6.83. The van der Waals surface area contributed by atoms with Gasteiger partial charge in [-0.15, -0.1) is 0 Å². The van der Waals surface area contributed by atoms with Crippen LogP contribution < -0.4 is 10.6 Å². The lowest BCUT2D eigenvalue weighted by molar-refractivity contribution is 0.711. The summed E-state index contributed by atoms with van der Waals surface area (Å²) in [5, 5.41) is 16.5. The molecule has 2 aromatic carbocycles. The van der Waals surface area contributed by atoms with Gasteiger partial charge in [-0.1, -0.05) is 29.8 Å². The molecule has 0 atom stereocenters. The van der Waals surface area contributed by atoms with E-state index in [1.165, 1.54) is 11.1 Å². The molecule has 1 heterocycles. The summed E-state index contributed by atoms with van der Waals surface area (Å²) in [6.45, 7) is 2.71. The Kier molecular flexibility index (Phi) is 4.62. The van der Waals surface area contributed by atoms with Crippen LogP contribution >= 0.6 is 11.6 Å². The fourth-order valence-electron chi connectivity index (χ4n) is 2.82. The molecule has 112 valence electrons. The quantitative estimate of drug-likeness (QED) is 0.912. The molecule has 0 aliphatic carbocycles. The molecule has 0 aromatic heterocycles. The predicted octanol–water partition coefficient (Wildman–Crippen LogP) is 3.51. The minimum Gasteiger partial charge on any atom is -0.380 e. The lowest BCUT2D eigenvalue weighted by Gasteiger charge is -2.16. The van der Waals surface area contributed by atoms with Gasteiger partial charge in [0, 0.05) is 6.54 Å². The number of halogens is 1. The van der Waals surface area contributed by atoms with Crippen molar-refractivity contribution < 1.29 is 0 Å². The second-order valence-corrected chi connectivity index (χ2v) is 5.88. The first-order valence-electron chi connectivity index (χ1n) is 7.52. The number of anilines is 1. The molecule has 3 rings (SSSR count). The van der Waals surface area contributed by atoms with Crippen LogP contribution in [0, 0.1) is 11.3 Å². The zero-order valence-electron chi connectivity index (χ0n) is 12.3. The highest BCUT2D eigenvalue weighted by Crippen LogP contribution is 2.31. The van der Waals surface area contributed by atoms with Crippen molar-refractivity contribution >= 4 is 17.3 Å². The molecular weight excluding hydrogens is 294 g/mol. The number of rotatable bonds is 3. The van der Waals surface area contributed by atoms with E-state index in [1.54, 1.807) is 0 Å². The molecule has 0 fully saturated rings. The molecule has 2 aromatic rings. The maximum atomic E-state index is 8.84. The van der Waals surface area contributed by atoms with Crippen molar-refractivity contribution in [1.82, 2.24) is 5.32 Å². The van der Waals surface area contributed by atoms with Crippen molar-refractivity contribution in [3.05, 3.63) is 63.7 Å². The average molecular weight is 312 g/mol. The first kappa shape index (κ1) is 14.9. The molecule has 0 amide bonds. The molecule has 2 N–H and O–H groups in total. The Hall–Kier alpha value is -2.02. The van der Waals surface area contributed by atoms with Gasteiger partial charge in [-0.3, -0.25) is 0 Å². The minimum absolute atomic E-state index is 0.682. The molecule has 1 aliphatic rings. The topological polar surface area (TPSA) is 47.9 Å². The molecule has 3 nitrogen and oxygen atoms in total. The molecule has 0 saturated carbocycles. The van der Waals surface area contributed by atoms with Crippen molar-refractivity contribution in [2.24, 2.45) is 0 Å². The fourth-order valence-corrected chi connectivity index (χ4v) is 3.07. The Labute approximate surface area is 135 Å². The largest absolute Gasteiger partial charge is 0.380 e. The number of hydrogen-bond donors (Lipinski definition) is 2. The van der Waals surface area contributed by atoms with Crippen molar-refractivity contribution in [2.45, 2.75) is 19.4 Å². The molecule has 0 spiro atoms. The van der Waals surface area contributed by atoms with E-state index in [0.717, 1.165) is 42.2 Å². The minimum atomic E-state index is 0.682. The zero-order valence-corrected chi connectivity index (χ0v) is 13.1. The van der Waals surface area contributed by atoms with Gasteiger partial charge in [0.2, 0.25) is 0 Å². The number of benzene rings is 2. The SMILES string of the molecule is N#Cc1ccc(CNc2c(Cl)ccc3c2CCNCC3)cc1. The summed E-state index contributed by atoms with van der Waals surface area (Å²) in [7, 11) is 0. The Bertz CT molecular complexity index is 702. The third kappa shape index (κ3) is 3.24. The summed E-state index contributed by atoms with van der Waals surface area (Å²) in [4.78, 5) is 0. The number of nitriles is 1. The fraction of sp³-hybridized carbons (Fsp3) is 0.278. The highest BCUT2D eigenvalue weighted by Gasteiger charge is 2.14. The van der Waals surface area contributed by atoms with Crippen LogP contribution in [0.4, 0.5) is 5.69 Å². The molecular formula is C18H18ClN3. The van der Waals surface area contributed by atoms with Gasteiger partial charge in [0.25, 0.3) is 0 Å². The van der Waals surface area contributed by atoms with Gasteiger partial charge in [-0.05, 0) is 60.8 Å². The van der Waals surface area contributed by atoms with E-state index in [1.807, 2.05) is 30.3 Å². The Morgan fingerprint density at radius 3 is 2.64 bits per heavy atom. The Balaban J connectivity index is 1.81. The van der Waals surface area contributed by atoms with Crippen LogP contribution in [0.2, 0.25) is 5.02 Å². The summed E-state index contributed by atoms with van der Waals surface area (Å²) in [6, 6.07) is 13.9. The number of nitrogens with zero attached hydrogens (tertiary/aromatic N) is 1. The smallest absolute Gasteiger partial charge is 0.0991 e. The zero-order chi connectivity index (χ0) is 15.4. The second-order valence-electron chi connectivity index (χ2n) is 5.47. The van der Waals surface area contributed by atoms with Gasteiger partial charge in [0.1, 0.15) is 0 Å². The number of fused-ring (bicyclic) bond motifs is 1. The molecule has 0 unspecified atom stereocenters. The van der Waals surface area contributed by atoms with E-state index in [2.05, 4.69) is 22.8 Å². The highest BCUT2D eigenvalue weighted by atomic mass is 35.5. The van der Waals surface area contributed by atoms with E-state index < -0.39 is 0 Å². The molecule has 4 heteroatoms. The van der Waals surface area contributed by atoms with Gasteiger partial charge in [-0.25, -0.2) is 0 Å². The van der Waals surface area contributed by atoms with Gasteiger partial charge >= 0.3 is 0 Å². The van der Waals surface area contributed by atoms with E-state index in [4.69, 9.17) is 16.9 Å². The van der Waals surface area contributed by atoms with Crippen LogP contribution in [0.1, 0.15) is 22.3 Å². The van der Waals surface area contributed by atoms with Crippen LogP contribution in [-0.2, 0) is 19.4 Å². The summed E-state index contributed by atoms with van der Waals surface area (Å²) in [5.41, 5.74) is 5.57. The van der Waals surface area contributed by atoms with Gasteiger partial charge < -0.3 is 10.6 Å². The Morgan fingerprint density at radius 2 is 1.86 bits per heavy atom. The first-order valence-corrected chi connectivity index (χ1v) is 7.89. The summed E-state index contributed by atoms with van der Waals surface area (Å²) in [5.74, 6) is 0. The molecule has 22 heavy (non-hydrogen) atoms. The first-order chi connectivity index (χ1) is 10.8. The normalized spacial score (nSPS) is 13.8. The third-order valence-electron chi connectivity index (χ3n) is 4.03. The predicted molar refractivity (Wildman–Crippen MR) is 90.2 cm³/mol. The van der Waals surface area contributed by atoms with E-state index in [-0.39, 0.29) is 0 Å². The van der Waals surface area contributed by atoms with Gasteiger partial charge in [0.05, 0.1) is 22.3 Å². The summed E-state index contributed by atoms with van der Waals surface area (Å²) < 4.78 is 0. The Morgan fingerprint density at radius 1 is 1.09 bits per heavy atom. The van der Waals surface area contributed by atoms with Crippen molar-refractivity contribution in [3.8, 4) is 6.07 Å². The molecule has 1 aliphatic heterocycles. The highest BCUT2D eigenvalue weighted by molar-refractivity contribution is 6.33.